The largest absolute Gasteiger partial charge is 0.497 e. The third-order valence-electron chi connectivity index (χ3n) is 4.74. The summed E-state index contributed by atoms with van der Waals surface area (Å²) >= 11 is 0. The van der Waals surface area contributed by atoms with Gasteiger partial charge in [-0.15, -0.1) is 0 Å². The van der Waals surface area contributed by atoms with Crippen molar-refractivity contribution >= 4 is 11.9 Å². The van der Waals surface area contributed by atoms with Crippen molar-refractivity contribution in [3.63, 3.8) is 0 Å². The third-order valence-corrected chi connectivity index (χ3v) is 4.74. The van der Waals surface area contributed by atoms with Gasteiger partial charge in [0.2, 0.25) is 5.91 Å². The Hall–Kier alpha value is -2.24. The van der Waals surface area contributed by atoms with Crippen LogP contribution in [0, 0.1) is 11.8 Å². The molecule has 1 fully saturated rings. The topological polar surface area (TPSA) is 84.9 Å². The number of carbonyl (C=O) groups is 2. The zero-order valence-electron chi connectivity index (χ0n) is 14.5. The second kappa shape index (κ2) is 7.55. The molecule has 24 heavy (non-hydrogen) atoms. The van der Waals surface area contributed by atoms with Gasteiger partial charge >= 0.3 is 5.97 Å². The molecule has 6 nitrogen and oxygen atoms in total. The molecule has 1 amide bonds. The molecule has 4 atom stereocenters. The van der Waals surface area contributed by atoms with Crippen LogP contribution in [0.3, 0.4) is 0 Å². The molecular weight excluding hydrogens is 310 g/mol. The summed E-state index contributed by atoms with van der Waals surface area (Å²) < 4.78 is 10.6. The molecule has 132 valence electrons. The Balaban J connectivity index is 2.09. The number of carboxylic acids is 1. The van der Waals surface area contributed by atoms with E-state index in [4.69, 9.17) is 9.47 Å². The lowest BCUT2D eigenvalue weighted by Gasteiger charge is -2.20. The Kier molecular flexibility index (Phi) is 5.70. The molecule has 0 bridgehead atoms. The predicted octanol–water partition coefficient (Wildman–Crippen LogP) is 2.42. The van der Waals surface area contributed by atoms with Gasteiger partial charge < -0.3 is 19.9 Å². The molecule has 0 aromatic heterocycles. The highest BCUT2D eigenvalue weighted by atomic mass is 16.5. The fourth-order valence-electron chi connectivity index (χ4n) is 2.90. The maximum absolute atomic E-state index is 12.4. The van der Waals surface area contributed by atoms with Crippen molar-refractivity contribution in [3.8, 4) is 11.5 Å². The van der Waals surface area contributed by atoms with Crippen molar-refractivity contribution in [2.24, 2.45) is 11.8 Å². The molecule has 0 radical (unpaired) electrons. The number of rotatable bonds is 8. The monoisotopic (exact) mass is 335 g/mol. The summed E-state index contributed by atoms with van der Waals surface area (Å²) in [6, 6.07) is 4.65. The van der Waals surface area contributed by atoms with Gasteiger partial charge in [-0.25, -0.2) is 4.79 Å². The Morgan fingerprint density at radius 2 is 2.04 bits per heavy atom. The van der Waals surface area contributed by atoms with E-state index < -0.39 is 12.0 Å². The van der Waals surface area contributed by atoms with Crippen LogP contribution in [0.15, 0.2) is 18.2 Å². The van der Waals surface area contributed by atoms with Gasteiger partial charge in [-0.3, -0.25) is 4.79 Å². The number of methoxy groups -OCH3 is 2. The van der Waals surface area contributed by atoms with E-state index in [0.717, 1.165) is 5.56 Å². The number of carboxylic acid groups (broad SMARTS) is 1. The van der Waals surface area contributed by atoms with Crippen LogP contribution in [0.5, 0.6) is 11.5 Å². The Labute approximate surface area is 142 Å². The predicted molar refractivity (Wildman–Crippen MR) is 89.4 cm³/mol. The molecule has 0 heterocycles. The summed E-state index contributed by atoms with van der Waals surface area (Å²) in [6.07, 6.45) is 1.37. The van der Waals surface area contributed by atoms with Crippen LogP contribution in [0.1, 0.15) is 38.2 Å². The van der Waals surface area contributed by atoms with Crippen LogP contribution < -0.4 is 14.8 Å². The standard InChI is InChI=1S/C18H25NO5/c1-5-10(2)16(18(21)22)19-17(20)14-9-12(14)13-8-11(23-3)6-7-15(13)24-4/h6-8,10,12,14,16H,5,9H2,1-4H3,(H,19,20)(H,21,22)/t10-,12?,14?,16-/m0/s1. The van der Waals surface area contributed by atoms with E-state index in [0.29, 0.717) is 24.3 Å². The number of ether oxygens (including phenoxy) is 2. The minimum absolute atomic E-state index is 0.0291. The Bertz CT molecular complexity index is 615. The van der Waals surface area contributed by atoms with Crippen molar-refractivity contribution < 1.29 is 24.2 Å². The first-order valence-electron chi connectivity index (χ1n) is 8.18. The molecule has 1 aromatic carbocycles. The first-order valence-corrected chi connectivity index (χ1v) is 8.18. The fraction of sp³-hybridized carbons (Fsp3) is 0.556. The van der Waals surface area contributed by atoms with Gasteiger partial charge in [0.05, 0.1) is 14.2 Å². The van der Waals surface area contributed by atoms with E-state index in [1.54, 1.807) is 14.2 Å². The van der Waals surface area contributed by atoms with Crippen molar-refractivity contribution in [2.45, 2.75) is 38.6 Å². The second-order valence-corrected chi connectivity index (χ2v) is 6.27. The number of amides is 1. The molecule has 0 saturated heterocycles. The summed E-state index contributed by atoms with van der Waals surface area (Å²) in [7, 11) is 3.18. The Morgan fingerprint density at radius 3 is 2.58 bits per heavy atom. The minimum Gasteiger partial charge on any atom is -0.497 e. The van der Waals surface area contributed by atoms with Gasteiger partial charge in [-0.1, -0.05) is 20.3 Å². The zero-order valence-corrected chi connectivity index (χ0v) is 14.5. The molecular formula is C18H25NO5. The van der Waals surface area contributed by atoms with E-state index in [2.05, 4.69) is 5.32 Å². The SMILES string of the molecule is CC[C@H](C)[C@H](NC(=O)C1CC1c1cc(OC)ccc1OC)C(=O)O. The average molecular weight is 335 g/mol. The quantitative estimate of drug-likeness (QED) is 0.762. The summed E-state index contributed by atoms with van der Waals surface area (Å²) in [5.41, 5.74) is 0.924. The molecule has 2 N–H and O–H groups in total. The molecule has 6 heteroatoms. The minimum atomic E-state index is -0.992. The molecule has 2 unspecified atom stereocenters. The van der Waals surface area contributed by atoms with Crippen LogP contribution in [0.4, 0.5) is 0 Å². The van der Waals surface area contributed by atoms with Gasteiger partial charge in [0.15, 0.2) is 0 Å². The van der Waals surface area contributed by atoms with E-state index in [9.17, 15) is 14.7 Å². The van der Waals surface area contributed by atoms with Crippen LogP contribution >= 0.6 is 0 Å². The summed E-state index contributed by atoms with van der Waals surface area (Å²) in [5.74, 6) is -0.0903. The van der Waals surface area contributed by atoms with Crippen molar-refractivity contribution in [2.75, 3.05) is 14.2 Å². The van der Waals surface area contributed by atoms with Crippen molar-refractivity contribution in [3.05, 3.63) is 23.8 Å². The van der Waals surface area contributed by atoms with E-state index >= 15 is 0 Å². The van der Waals surface area contributed by atoms with Crippen LogP contribution in [0.2, 0.25) is 0 Å². The average Bonchev–Trinajstić information content (AvgIpc) is 3.38. The molecule has 0 spiro atoms. The van der Waals surface area contributed by atoms with Crippen LogP contribution in [0.25, 0.3) is 0 Å². The lowest BCUT2D eigenvalue weighted by atomic mass is 9.99. The summed E-state index contributed by atoms with van der Waals surface area (Å²) in [6.45, 7) is 3.74. The number of benzene rings is 1. The maximum atomic E-state index is 12.4. The zero-order chi connectivity index (χ0) is 17.9. The first kappa shape index (κ1) is 18.1. The van der Waals surface area contributed by atoms with Crippen LogP contribution in [-0.4, -0.2) is 37.2 Å². The molecule has 1 saturated carbocycles. The molecule has 1 aliphatic rings. The normalized spacial score (nSPS) is 21.5. The highest BCUT2D eigenvalue weighted by molar-refractivity contribution is 5.87. The number of hydrogen-bond acceptors (Lipinski definition) is 4. The van der Waals surface area contributed by atoms with Crippen LogP contribution in [-0.2, 0) is 9.59 Å². The van der Waals surface area contributed by atoms with Gasteiger partial charge in [-0.2, -0.15) is 0 Å². The fourth-order valence-corrected chi connectivity index (χ4v) is 2.90. The second-order valence-electron chi connectivity index (χ2n) is 6.27. The summed E-state index contributed by atoms with van der Waals surface area (Å²) in [4.78, 5) is 23.8. The van der Waals surface area contributed by atoms with E-state index in [-0.39, 0.29) is 23.7 Å². The lowest BCUT2D eigenvalue weighted by Crippen LogP contribution is -2.45. The number of carbonyl (C=O) groups excluding carboxylic acids is 1. The lowest BCUT2D eigenvalue weighted by molar-refractivity contribution is -0.143. The van der Waals surface area contributed by atoms with Crippen molar-refractivity contribution in [1.82, 2.24) is 5.32 Å². The smallest absolute Gasteiger partial charge is 0.326 e. The number of aliphatic carboxylic acids is 1. The van der Waals surface area contributed by atoms with Gasteiger partial charge in [0.25, 0.3) is 0 Å². The molecule has 0 aliphatic heterocycles. The highest BCUT2D eigenvalue weighted by Crippen LogP contribution is 2.51. The molecule has 1 aromatic rings. The van der Waals surface area contributed by atoms with Gasteiger partial charge in [0.1, 0.15) is 17.5 Å². The third kappa shape index (κ3) is 3.80. The molecule has 1 aliphatic carbocycles. The number of hydrogen-bond donors (Lipinski definition) is 2. The number of nitrogens with one attached hydrogen (secondary N) is 1. The van der Waals surface area contributed by atoms with Gasteiger partial charge in [-0.05, 0) is 30.5 Å². The molecule has 2 rings (SSSR count). The first-order chi connectivity index (χ1) is 11.4. The Morgan fingerprint density at radius 1 is 1.33 bits per heavy atom. The highest BCUT2D eigenvalue weighted by Gasteiger charge is 2.46. The summed E-state index contributed by atoms with van der Waals surface area (Å²) in [5, 5.41) is 12.0. The van der Waals surface area contributed by atoms with Gasteiger partial charge in [0, 0.05) is 17.4 Å². The van der Waals surface area contributed by atoms with Crippen molar-refractivity contribution in [1.29, 1.82) is 0 Å². The van der Waals surface area contributed by atoms with E-state index in [1.165, 1.54) is 0 Å². The van der Waals surface area contributed by atoms with E-state index in [1.807, 2.05) is 32.0 Å². The maximum Gasteiger partial charge on any atom is 0.326 e.